The molecule has 1 rings (SSSR count). The first kappa shape index (κ1) is 6.72. The molecular formula is C7H6N3. The summed E-state index contributed by atoms with van der Waals surface area (Å²) in [4.78, 5) is 3.80. The van der Waals surface area contributed by atoms with Crippen molar-refractivity contribution in [3.8, 4) is 6.07 Å². The molecule has 3 heteroatoms. The third-order valence-electron chi connectivity index (χ3n) is 1.09. The zero-order chi connectivity index (χ0) is 7.40. The van der Waals surface area contributed by atoms with E-state index < -0.39 is 0 Å². The van der Waals surface area contributed by atoms with Crippen LogP contribution in [0.2, 0.25) is 0 Å². The van der Waals surface area contributed by atoms with Crippen LogP contribution in [0.4, 0.5) is 0 Å². The van der Waals surface area contributed by atoms with E-state index >= 15 is 0 Å². The van der Waals surface area contributed by atoms with Gasteiger partial charge in [0.05, 0.1) is 6.54 Å². The Labute approximate surface area is 59.1 Å². The average Bonchev–Trinajstić information content (AvgIpc) is 2.05. The summed E-state index contributed by atoms with van der Waals surface area (Å²) in [6, 6.07) is 5.28. The van der Waals surface area contributed by atoms with Gasteiger partial charge in [-0.15, -0.1) is 0 Å². The predicted octanol–water partition coefficient (Wildman–Crippen LogP) is 0.422. The van der Waals surface area contributed by atoms with Crippen LogP contribution < -0.4 is 5.73 Å². The first-order chi connectivity index (χ1) is 4.86. The molecule has 0 saturated carbocycles. The van der Waals surface area contributed by atoms with Crippen molar-refractivity contribution < 1.29 is 0 Å². The lowest BCUT2D eigenvalue weighted by Crippen LogP contribution is -1.93. The van der Waals surface area contributed by atoms with Crippen LogP contribution in [-0.2, 0) is 0 Å². The number of nitrogens with zero attached hydrogens (tertiary/aromatic N) is 2. The van der Waals surface area contributed by atoms with E-state index in [1.165, 1.54) is 6.54 Å². The molecule has 2 N–H and O–H groups in total. The Bertz CT molecular complexity index is 245. The minimum Gasteiger partial charge on any atom is -0.322 e. The number of nitriles is 1. The fourth-order valence-corrected chi connectivity index (χ4v) is 0.570. The van der Waals surface area contributed by atoms with Gasteiger partial charge in [-0.05, 0) is 11.6 Å². The highest BCUT2D eigenvalue weighted by atomic mass is 14.7. The second-order valence-electron chi connectivity index (χ2n) is 1.76. The lowest BCUT2D eigenvalue weighted by molar-refractivity contribution is 1.21. The first-order valence-corrected chi connectivity index (χ1v) is 2.78. The molecule has 0 aliphatic rings. The largest absolute Gasteiger partial charge is 0.322 e. The smallest absolute Gasteiger partial charge is 0.140 e. The summed E-state index contributed by atoms with van der Waals surface area (Å²) in [6.45, 7) is 1.44. The van der Waals surface area contributed by atoms with Crippen molar-refractivity contribution in [1.82, 2.24) is 4.98 Å². The van der Waals surface area contributed by atoms with Gasteiger partial charge in [0.15, 0.2) is 0 Å². The maximum Gasteiger partial charge on any atom is 0.140 e. The van der Waals surface area contributed by atoms with Gasteiger partial charge >= 0.3 is 0 Å². The van der Waals surface area contributed by atoms with Gasteiger partial charge in [-0.1, -0.05) is 6.07 Å². The Morgan fingerprint density at radius 2 is 2.40 bits per heavy atom. The maximum atomic E-state index is 8.35. The van der Waals surface area contributed by atoms with Gasteiger partial charge in [-0.3, -0.25) is 0 Å². The molecule has 10 heavy (non-hydrogen) atoms. The molecule has 1 radical (unpaired) electrons. The van der Waals surface area contributed by atoms with Crippen molar-refractivity contribution in [3.63, 3.8) is 0 Å². The fraction of sp³-hybridized carbons (Fsp3) is 0. The second kappa shape index (κ2) is 2.95. The Balaban J connectivity index is 2.93. The average molecular weight is 132 g/mol. The third-order valence-corrected chi connectivity index (χ3v) is 1.09. The molecule has 1 heterocycles. The Morgan fingerprint density at radius 3 is 2.80 bits per heavy atom. The van der Waals surface area contributed by atoms with E-state index in [9.17, 15) is 0 Å². The molecule has 49 valence electrons. The standard InChI is InChI=1S/C7H6N3/c8-3-6-1-2-7(4-9)10-5-6/h1-3,5H,8H2. The van der Waals surface area contributed by atoms with E-state index in [4.69, 9.17) is 11.0 Å². The molecule has 0 amide bonds. The molecule has 0 aromatic carbocycles. The summed E-state index contributed by atoms with van der Waals surface area (Å²) in [5.41, 5.74) is 6.42. The third kappa shape index (κ3) is 1.30. The van der Waals surface area contributed by atoms with E-state index in [0.29, 0.717) is 5.69 Å². The molecule has 0 unspecified atom stereocenters. The van der Waals surface area contributed by atoms with Crippen molar-refractivity contribution >= 4 is 0 Å². The Hall–Kier alpha value is -1.40. The normalized spacial score (nSPS) is 8.80. The molecule has 0 saturated heterocycles. The van der Waals surface area contributed by atoms with Gasteiger partial charge < -0.3 is 5.73 Å². The molecular weight excluding hydrogens is 126 g/mol. The monoisotopic (exact) mass is 132 g/mol. The van der Waals surface area contributed by atoms with Crippen LogP contribution in [0.25, 0.3) is 0 Å². The zero-order valence-corrected chi connectivity index (χ0v) is 5.28. The molecule has 0 atom stereocenters. The quantitative estimate of drug-likeness (QED) is 0.602. The van der Waals surface area contributed by atoms with E-state index in [1.807, 2.05) is 6.07 Å². The van der Waals surface area contributed by atoms with E-state index in [0.717, 1.165) is 5.56 Å². The van der Waals surface area contributed by atoms with Crippen LogP contribution in [0.15, 0.2) is 18.3 Å². The van der Waals surface area contributed by atoms with Crippen LogP contribution in [-0.4, -0.2) is 4.98 Å². The summed E-state index contributed by atoms with van der Waals surface area (Å²) in [5, 5.41) is 8.35. The van der Waals surface area contributed by atoms with Crippen molar-refractivity contribution in [2.24, 2.45) is 5.73 Å². The highest BCUT2D eigenvalue weighted by Gasteiger charge is 1.90. The summed E-state index contributed by atoms with van der Waals surface area (Å²) in [6.07, 6.45) is 1.55. The van der Waals surface area contributed by atoms with Crippen LogP contribution in [0.1, 0.15) is 11.3 Å². The van der Waals surface area contributed by atoms with Gasteiger partial charge in [0.1, 0.15) is 11.8 Å². The van der Waals surface area contributed by atoms with Crippen molar-refractivity contribution in [2.75, 3.05) is 0 Å². The van der Waals surface area contributed by atoms with Gasteiger partial charge in [-0.25, -0.2) is 4.98 Å². The molecule has 0 aliphatic heterocycles. The number of hydrogen-bond donors (Lipinski definition) is 1. The van der Waals surface area contributed by atoms with Crippen molar-refractivity contribution in [3.05, 3.63) is 36.1 Å². The van der Waals surface area contributed by atoms with E-state index in [1.54, 1.807) is 18.3 Å². The Morgan fingerprint density at radius 1 is 1.60 bits per heavy atom. The minimum atomic E-state index is 0.408. The second-order valence-corrected chi connectivity index (χ2v) is 1.76. The number of rotatable bonds is 1. The van der Waals surface area contributed by atoms with Gasteiger partial charge in [0.25, 0.3) is 0 Å². The summed E-state index contributed by atoms with van der Waals surface area (Å²) in [5.74, 6) is 0. The minimum absolute atomic E-state index is 0.408. The lowest BCUT2D eigenvalue weighted by Gasteiger charge is -1.91. The summed E-state index contributed by atoms with van der Waals surface area (Å²) < 4.78 is 0. The summed E-state index contributed by atoms with van der Waals surface area (Å²) in [7, 11) is 0. The molecule has 0 fully saturated rings. The highest BCUT2D eigenvalue weighted by molar-refractivity contribution is 5.25. The number of nitrogens with two attached hydrogens (primary N) is 1. The molecule has 3 nitrogen and oxygen atoms in total. The maximum absolute atomic E-state index is 8.35. The zero-order valence-electron chi connectivity index (χ0n) is 5.28. The molecule has 1 aromatic heterocycles. The molecule has 0 bridgehead atoms. The number of hydrogen-bond acceptors (Lipinski definition) is 3. The van der Waals surface area contributed by atoms with Gasteiger partial charge in [-0.2, -0.15) is 5.26 Å². The SMILES string of the molecule is N#Cc1ccc([CH]N)cn1. The predicted molar refractivity (Wildman–Crippen MR) is 36.5 cm³/mol. The van der Waals surface area contributed by atoms with E-state index in [2.05, 4.69) is 4.98 Å². The molecule has 0 spiro atoms. The van der Waals surface area contributed by atoms with E-state index in [-0.39, 0.29) is 0 Å². The summed E-state index contributed by atoms with van der Waals surface area (Å²) >= 11 is 0. The fourth-order valence-electron chi connectivity index (χ4n) is 0.570. The molecule has 0 aliphatic carbocycles. The van der Waals surface area contributed by atoms with Crippen molar-refractivity contribution in [2.45, 2.75) is 0 Å². The van der Waals surface area contributed by atoms with Gasteiger partial charge in [0, 0.05) is 6.20 Å². The van der Waals surface area contributed by atoms with Crippen molar-refractivity contribution in [1.29, 1.82) is 5.26 Å². The lowest BCUT2D eigenvalue weighted by atomic mass is 10.2. The topological polar surface area (TPSA) is 62.7 Å². The number of aromatic nitrogens is 1. The van der Waals surface area contributed by atoms with Crippen LogP contribution in [0.3, 0.4) is 0 Å². The van der Waals surface area contributed by atoms with Crippen LogP contribution in [0, 0.1) is 17.9 Å². The molecule has 1 aromatic rings. The first-order valence-electron chi connectivity index (χ1n) is 2.78. The highest BCUT2D eigenvalue weighted by Crippen LogP contribution is 1.97. The van der Waals surface area contributed by atoms with Crippen LogP contribution >= 0.6 is 0 Å². The Kier molecular flexibility index (Phi) is 1.98. The number of pyridine rings is 1. The van der Waals surface area contributed by atoms with Gasteiger partial charge in [0.2, 0.25) is 0 Å². The van der Waals surface area contributed by atoms with Crippen LogP contribution in [0.5, 0.6) is 0 Å².